The monoisotopic (exact) mass is 459 g/mol. The molecule has 0 saturated carbocycles. The van der Waals surface area contributed by atoms with Crippen molar-refractivity contribution in [2.45, 2.75) is 12.2 Å². The largest absolute Gasteiger partial charge is 0.416 e. The average Bonchev–Trinajstić information content (AvgIpc) is 2.77. The third-order valence-corrected chi connectivity index (χ3v) is 5.19. The van der Waals surface area contributed by atoms with Crippen LogP contribution in [0, 0.1) is 5.82 Å². The number of halogens is 5. The van der Waals surface area contributed by atoms with Crippen molar-refractivity contribution in [1.29, 1.82) is 0 Å². The Hall–Kier alpha value is -3.52. The molecule has 2 heterocycles. The predicted octanol–water partition coefficient (Wildman–Crippen LogP) is 5.96. The Morgan fingerprint density at radius 2 is 1.72 bits per heavy atom. The summed E-state index contributed by atoms with van der Waals surface area (Å²) in [6.45, 7) is 0. The first kappa shape index (κ1) is 21.7. The smallest absolute Gasteiger partial charge is 0.339 e. The quantitative estimate of drug-likeness (QED) is 0.383. The highest BCUT2D eigenvalue weighted by Crippen LogP contribution is 2.31. The Bertz CT molecular complexity index is 1290. The number of amides is 1. The average molecular weight is 460 g/mol. The molecular weight excluding hydrogens is 446 g/mol. The number of nitrogens with zero attached hydrogens (tertiary/aromatic N) is 2. The molecule has 0 spiro atoms. The van der Waals surface area contributed by atoms with Gasteiger partial charge in [0.1, 0.15) is 11.5 Å². The minimum Gasteiger partial charge on any atom is -0.339 e. The van der Waals surface area contributed by atoms with Gasteiger partial charge in [0.05, 0.1) is 22.1 Å². The van der Waals surface area contributed by atoms with Gasteiger partial charge in [-0.25, -0.2) is 4.39 Å². The predicted molar refractivity (Wildman–Crippen MR) is 112 cm³/mol. The van der Waals surface area contributed by atoms with Gasteiger partial charge in [0, 0.05) is 23.3 Å². The summed E-state index contributed by atoms with van der Waals surface area (Å²) in [5, 5.41) is 3.62. The summed E-state index contributed by atoms with van der Waals surface area (Å²) in [4.78, 5) is 21.2. The number of aromatic nitrogens is 2. The Labute approximate surface area is 184 Å². The lowest BCUT2D eigenvalue weighted by Crippen LogP contribution is -2.30. The van der Waals surface area contributed by atoms with Crippen LogP contribution < -0.4 is 5.32 Å². The Morgan fingerprint density at radius 3 is 2.41 bits per heavy atom. The molecule has 9 heteroatoms. The van der Waals surface area contributed by atoms with Gasteiger partial charge in [0.2, 0.25) is 0 Å². The summed E-state index contributed by atoms with van der Waals surface area (Å²) in [7, 11) is 0. The van der Waals surface area contributed by atoms with Crippen molar-refractivity contribution in [3.05, 3.63) is 106 Å². The van der Waals surface area contributed by atoms with E-state index in [1.165, 1.54) is 36.7 Å². The lowest BCUT2D eigenvalue weighted by atomic mass is 10.00. The normalized spacial score (nSPS) is 12.5. The number of carbonyl (C=O) groups is 1. The third-order valence-electron chi connectivity index (χ3n) is 4.86. The summed E-state index contributed by atoms with van der Waals surface area (Å²) in [5.74, 6) is -1.29. The van der Waals surface area contributed by atoms with E-state index in [1.807, 2.05) is 0 Å². The number of alkyl halides is 3. The van der Waals surface area contributed by atoms with Crippen molar-refractivity contribution in [1.82, 2.24) is 15.3 Å². The van der Waals surface area contributed by atoms with Crippen LogP contribution in [0.25, 0.3) is 10.9 Å². The van der Waals surface area contributed by atoms with Crippen LogP contribution >= 0.6 is 11.6 Å². The first-order chi connectivity index (χ1) is 15.2. The van der Waals surface area contributed by atoms with E-state index in [9.17, 15) is 22.4 Å². The van der Waals surface area contributed by atoms with Gasteiger partial charge >= 0.3 is 6.18 Å². The second kappa shape index (κ2) is 8.55. The summed E-state index contributed by atoms with van der Waals surface area (Å²) in [6.07, 6.45) is -1.65. The third kappa shape index (κ3) is 4.40. The standard InChI is InChI=1S/C23H14ClF4N3O/c24-17-9-11-29-19-8-5-14(12-16(17)19)22(32)31-20(21-18(25)2-1-10-30-21)13-3-6-15(7-4-13)23(26,27)28/h1-12,20H,(H,31,32). The van der Waals surface area contributed by atoms with Crippen molar-refractivity contribution >= 4 is 28.4 Å². The molecule has 2 aromatic carbocycles. The van der Waals surface area contributed by atoms with E-state index in [1.54, 1.807) is 18.2 Å². The summed E-state index contributed by atoms with van der Waals surface area (Å²) < 4.78 is 53.3. The van der Waals surface area contributed by atoms with E-state index < -0.39 is 29.5 Å². The second-order valence-corrected chi connectivity index (χ2v) is 7.33. The van der Waals surface area contributed by atoms with Crippen LogP contribution in [0.4, 0.5) is 17.6 Å². The number of fused-ring (bicyclic) bond motifs is 1. The molecule has 4 rings (SSSR count). The van der Waals surface area contributed by atoms with Gasteiger partial charge in [-0.3, -0.25) is 14.8 Å². The number of hydrogen-bond donors (Lipinski definition) is 1. The van der Waals surface area contributed by atoms with E-state index >= 15 is 0 Å². The Kier molecular flexibility index (Phi) is 5.80. The molecular formula is C23H14ClF4N3O. The van der Waals surface area contributed by atoms with Gasteiger partial charge in [-0.15, -0.1) is 0 Å². The van der Waals surface area contributed by atoms with E-state index in [2.05, 4.69) is 15.3 Å². The van der Waals surface area contributed by atoms with Crippen LogP contribution in [0.3, 0.4) is 0 Å². The first-order valence-electron chi connectivity index (χ1n) is 9.37. The maximum Gasteiger partial charge on any atom is 0.416 e. The van der Waals surface area contributed by atoms with Gasteiger partial charge < -0.3 is 5.32 Å². The Morgan fingerprint density at radius 1 is 0.969 bits per heavy atom. The molecule has 2 aromatic heterocycles. The van der Waals surface area contributed by atoms with Gasteiger partial charge in [-0.05, 0) is 54.1 Å². The van der Waals surface area contributed by atoms with E-state index in [-0.39, 0.29) is 16.8 Å². The molecule has 1 amide bonds. The molecule has 32 heavy (non-hydrogen) atoms. The lowest BCUT2D eigenvalue weighted by molar-refractivity contribution is -0.137. The minimum absolute atomic E-state index is 0.124. The highest BCUT2D eigenvalue weighted by atomic mass is 35.5. The highest BCUT2D eigenvalue weighted by molar-refractivity contribution is 6.35. The lowest BCUT2D eigenvalue weighted by Gasteiger charge is -2.20. The zero-order valence-electron chi connectivity index (χ0n) is 16.2. The van der Waals surface area contributed by atoms with Crippen molar-refractivity contribution in [3.63, 3.8) is 0 Å². The molecule has 4 aromatic rings. The summed E-state index contributed by atoms with van der Waals surface area (Å²) in [6, 6.07) is 11.8. The van der Waals surface area contributed by atoms with Crippen LogP contribution in [0.1, 0.15) is 33.2 Å². The number of rotatable bonds is 4. The summed E-state index contributed by atoms with van der Waals surface area (Å²) >= 11 is 6.18. The zero-order chi connectivity index (χ0) is 22.9. The molecule has 4 nitrogen and oxygen atoms in total. The van der Waals surface area contributed by atoms with E-state index in [0.29, 0.717) is 15.9 Å². The van der Waals surface area contributed by atoms with Crippen LogP contribution in [-0.4, -0.2) is 15.9 Å². The van der Waals surface area contributed by atoms with E-state index in [0.717, 1.165) is 18.2 Å². The van der Waals surface area contributed by atoms with Crippen molar-refractivity contribution in [3.8, 4) is 0 Å². The van der Waals surface area contributed by atoms with Gasteiger partial charge in [-0.2, -0.15) is 13.2 Å². The number of nitrogens with one attached hydrogen (secondary N) is 1. The minimum atomic E-state index is -4.52. The van der Waals surface area contributed by atoms with Gasteiger partial charge in [-0.1, -0.05) is 23.7 Å². The molecule has 0 aliphatic carbocycles. The molecule has 0 fully saturated rings. The number of benzene rings is 2. The highest BCUT2D eigenvalue weighted by Gasteiger charge is 2.31. The van der Waals surface area contributed by atoms with Crippen LogP contribution in [0.15, 0.2) is 73.1 Å². The van der Waals surface area contributed by atoms with Crippen LogP contribution in [0.2, 0.25) is 5.02 Å². The molecule has 1 atom stereocenters. The number of carbonyl (C=O) groups excluding carboxylic acids is 1. The second-order valence-electron chi connectivity index (χ2n) is 6.92. The fourth-order valence-electron chi connectivity index (χ4n) is 3.25. The molecule has 0 bridgehead atoms. The Balaban J connectivity index is 1.72. The first-order valence-corrected chi connectivity index (χ1v) is 9.74. The topological polar surface area (TPSA) is 54.9 Å². The zero-order valence-corrected chi connectivity index (χ0v) is 17.0. The SMILES string of the molecule is O=C(NC(c1ccc(C(F)(F)F)cc1)c1ncccc1F)c1ccc2nccc(Cl)c2c1. The molecule has 1 unspecified atom stereocenters. The van der Waals surface area contributed by atoms with Crippen molar-refractivity contribution < 1.29 is 22.4 Å². The van der Waals surface area contributed by atoms with Gasteiger partial charge in [0.15, 0.2) is 0 Å². The molecule has 1 N–H and O–H groups in total. The molecule has 0 saturated heterocycles. The van der Waals surface area contributed by atoms with Crippen LogP contribution in [0.5, 0.6) is 0 Å². The molecule has 0 radical (unpaired) electrons. The number of hydrogen-bond acceptors (Lipinski definition) is 3. The molecule has 0 aliphatic rings. The van der Waals surface area contributed by atoms with E-state index in [4.69, 9.17) is 11.6 Å². The fraction of sp³-hybridized carbons (Fsp3) is 0.0870. The summed E-state index contributed by atoms with van der Waals surface area (Å²) in [5.41, 5.74) is 0.0692. The van der Waals surface area contributed by atoms with Crippen LogP contribution in [-0.2, 0) is 6.18 Å². The maximum absolute atomic E-state index is 14.5. The molecule has 0 aliphatic heterocycles. The van der Waals surface area contributed by atoms with Crippen molar-refractivity contribution in [2.75, 3.05) is 0 Å². The molecule has 162 valence electrons. The van der Waals surface area contributed by atoms with Gasteiger partial charge in [0.25, 0.3) is 5.91 Å². The number of pyridine rings is 2. The maximum atomic E-state index is 14.5. The van der Waals surface area contributed by atoms with Crippen molar-refractivity contribution in [2.24, 2.45) is 0 Å². The fourth-order valence-corrected chi connectivity index (χ4v) is 3.46.